The molecule has 0 radical (unpaired) electrons. The Balaban J connectivity index is 0.00000600. The fourth-order valence-electron chi connectivity index (χ4n) is 10.9. The van der Waals surface area contributed by atoms with E-state index in [0.717, 1.165) is 60.7 Å². The van der Waals surface area contributed by atoms with Gasteiger partial charge in [0.15, 0.2) is 0 Å². The Bertz CT molecular complexity index is 1050. The molecule has 4 fully saturated rings. The fraction of sp³-hybridized carbons (Fsp3) is 0.973. The minimum Gasteiger partial charge on any atom is -0.870 e. The number of carbonyl (C=O) groups is 1. The normalized spacial score (nSPS) is 36.2. The highest BCUT2D eigenvalue weighted by Gasteiger charge is 2.60. The summed E-state index contributed by atoms with van der Waals surface area (Å²) in [5.41, 5.74) is 0.823. The molecule has 0 bridgehead atoms. The zero-order valence-electron chi connectivity index (χ0n) is 31.2. The molecule has 0 spiro atoms. The smallest absolute Gasteiger partial charge is 0.508 e. The molecule has 4 aliphatic rings. The number of rotatable bonds is 15. The van der Waals surface area contributed by atoms with E-state index in [-0.39, 0.29) is 31.4 Å². The number of nitrogens with zero attached hydrogens (tertiary/aromatic N) is 1. The molecule has 11 atom stereocenters. The number of phosphoric acid groups is 1. The summed E-state index contributed by atoms with van der Waals surface area (Å²) in [4.78, 5) is 22.4. The maximum absolute atomic E-state index is 12.5. The predicted molar refractivity (Wildman–Crippen MR) is 185 cm³/mol. The first-order valence-electron chi connectivity index (χ1n) is 18.7. The fourth-order valence-corrected chi connectivity index (χ4v) is 11.6. The zero-order chi connectivity index (χ0) is 33.9. The van der Waals surface area contributed by atoms with E-state index in [1.807, 2.05) is 21.1 Å². The van der Waals surface area contributed by atoms with E-state index in [4.69, 9.17) is 18.5 Å². The Kier molecular flexibility index (Phi) is 14.3. The lowest BCUT2D eigenvalue weighted by Gasteiger charge is -2.61. The molecule has 0 aromatic carbocycles. The first-order valence-corrected chi connectivity index (χ1v) is 20.2. The van der Waals surface area contributed by atoms with Crippen LogP contribution in [-0.2, 0) is 23.1 Å². The Morgan fingerprint density at radius 1 is 0.894 bits per heavy atom. The third kappa shape index (κ3) is 9.97. The first-order chi connectivity index (χ1) is 21.5. The third-order valence-corrected chi connectivity index (χ3v) is 14.7. The Hall–Kier alpha value is -0.700. The van der Waals surface area contributed by atoms with E-state index in [1.54, 1.807) is 0 Å². The largest absolute Gasteiger partial charge is 0.870 e. The van der Waals surface area contributed by atoms with Gasteiger partial charge in [0.25, 0.3) is 0 Å². The van der Waals surface area contributed by atoms with Crippen LogP contribution in [0, 0.1) is 58.2 Å². The van der Waals surface area contributed by atoms with Crippen molar-refractivity contribution in [3.05, 3.63) is 0 Å². The van der Waals surface area contributed by atoms with Crippen molar-refractivity contribution in [1.82, 2.24) is 0 Å². The van der Waals surface area contributed by atoms with Gasteiger partial charge in [-0.15, -0.1) is 0 Å². The van der Waals surface area contributed by atoms with Crippen LogP contribution < -0.4 is 0 Å². The first kappa shape index (κ1) is 40.7. The second-order valence-electron chi connectivity index (χ2n) is 17.6. The molecular formula is C37H70NO8P. The number of phosphoric ester groups is 1. The molecule has 0 amide bonds. The molecule has 0 heterocycles. The average molecular weight is 688 g/mol. The number of quaternary nitrogens is 1. The van der Waals surface area contributed by atoms with Gasteiger partial charge in [-0.3, -0.25) is 9.05 Å². The lowest BCUT2D eigenvalue weighted by molar-refractivity contribution is -0.870. The molecule has 2 N–H and O–H groups in total. The molecular weight excluding hydrogens is 617 g/mol. The molecule has 0 aromatic heterocycles. The van der Waals surface area contributed by atoms with Gasteiger partial charge in [0.2, 0.25) is 0 Å². The Labute approximate surface area is 286 Å². The molecule has 9 nitrogen and oxygen atoms in total. The second-order valence-corrected chi connectivity index (χ2v) is 19.1. The van der Waals surface area contributed by atoms with Gasteiger partial charge in [-0.1, -0.05) is 54.4 Å². The van der Waals surface area contributed by atoms with Crippen LogP contribution >= 0.6 is 7.82 Å². The number of likely N-dealkylation sites (N-methyl/N-ethyl adjacent to an activating group) is 1. The van der Waals surface area contributed by atoms with Crippen LogP contribution in [0.5, 0.6) is 0 Å². The molecule has 0 aromatic rings. The molecule has 47 heavy (non-hydrogen) atoms. The average Bonchev–Trinajstić information content (AvgIpc) is 3.32. The van der Waals surface area contributed by atoms with Gasteiger partial charge in [-0.25, -0.2) is 9.36 Å². The van der Waals surface area contributed by atoms with Gasteiger partial charge >= 0.3 is 14.0 Å². The molecule has 4 aliphatic carbocycles. The summed E-state index contributed by atoms with van der Waals surface area (Å²) < 4.78 is 33.6. The molecule has 4 rings (SSSR count). The van der Waals surface area contributed by atoms with Crippen LogP contribution in [0.3, 0.4) is 0 Å². The Morgan fingerprint density at radius 3 is 2.21 bits per heavy atom. The Morgan fingerprint density at radius 2 is 1.55 bits per heavy atom. The topological polar surface area (TPSA) is 121 Å². The van der Waals surface area contributed by atoms with Gasteiger partial charge in [0.05, 0.1) is 27.7 Å². The lowest BCUT2D eigenvalue weighted by atomic mass is 9.44. The highest BCUT2D eigenvalue weighted by Crippen LogP contribution is 2.68. The minimum atomic E-state index is -4.18. The van der Waals surface area contributed by atoms with Gasteiger partial charge in [0.1, 0.15) is 25.9 Å². The standard InChI is InChI=1S/C37H68NO7P.H2O/c1-10-28(26(2)3)12-11-27(4)32-15-16-33-31-14-13-29-25-30(17-19-36(29,5)34(31)18-20-37(32,33)6)45-35(39)42-23-24-44-46(40,41)43-22-21-38(7,8)9;/h26-34H,10-25H2,1-9H3;1H2/t27-,28-,29+,30?,31+,32-,33+,34+,36+,37-;/m1./s1. The van der Waals surface area contributed by atoms with E-state index in [0.29, 0.717) is 27.8 Å². The number of ether oxygens (including phenoxy) is 2. The van der Waals surface area contributed by atoms with E-state index < -0.39 is 14.0 Å². The highest BCUT2D eigenvalue weighted by molar-refractivity contribution is 7.47. The van der Waals surface area contributed by atoms with Crippen molar-refractivity contribution in [1.29, 1.82) is 0 Å². The molecule has 0 saturated heterocycles. The number of hydrogen-bond acceptors (Lipinski definition) is 7. The van der Waals surface area contributed by atoms with Crippen molar-refractivity contribution in [3.8, 4) is 0 Å². The lowest BCUT2D eigenvalue weighted by Crippen LogP contribution is -2.54. The third-order valence-electron chi connectivity index (χ3n) is 13.7. The molecule has 0 aliphatic heterocycles. The van der Waals surface area contributed by atoms with Crippen LogP contribution in [0.15, 0.2) is 0 Å². The van der Waals surface area contributed by atoms with E-state index >= 15 is 0 Å². The molecule has 2 unspecified atom stereocenters. The molecule has 10 heteroatoms. The van der Waals surface area contributed by atoms with E-state index in [2.05, 4.69) is 41.5 Å². The predicted octanol–water partition coefficient (Wildman–Crippen LogP) is 8.93. The second kappa shape index (κ2) is 16.5. The summed E-state index contributed by atoms with van der Waals surface area (Å²) in [5.74, 6) is 6.43. The maximum Gasteiger partial charge on any atom is 0.508 e. The van der Waals surface area contributed by atoms with E-state index in [1.165, 1.54) is 57.8 Å². The van der Waals surface area contributed by atoms with Gasteiger partial charge in [0, 0.05) is 0 Å². The summed E-state index contributed by atoms with van der Waals surface area (Å²) in [6, 6.07) is 0. The van der Waals surface area contributed by atoms with Crippen molar-refractivity contribution in [2.45, 2.75) is 125 Å². The van der Waals surface area contributed by atoms with Crippen LogP contribution in [-0.4, -0.2) is 74.6 Å². The van der Waals surface area contributed by atoms with Crippen molar-refractivity contribution in [3.63, 3.8) is 0 Å². The van der Waals surface area contributed by atoms with Crippen LogP contribution in [0.4, 0.5) is 4.79 Å². The van der Waals surface area contributed by atoms with Crippen LogP contribution in [0.25, 0.3) is 0 Å². The summed E-state index contributed by atoms with van der Waals surface area (Å²) in [7, 11) is 1.72. The van der Waals surface area contributed by atoms with Crippen LogP contribution in [0.1, 0.15) is 119 Å². The van der Waals surface area contributed by atoms with Crippen molar-refractivity contribution < 1.29 is 42.7 Å². The van der Waals surface area contributed by atoms with Gasteiger partial charge < -0.3 is 24.3 Å². The number of fused-ring (bicyclic) bond motifs is 5. The number of hydrogen-bond donors (Lipinski definition) is 1. The molecule has 276 valence electrons. The highest BCUT2D eigenvalue weighted by atomic mass is 31.2. The summed E-state index contributed by atoms with van der Waals surface area (Å²) in [5, 5.41) is 0. The molecule has 4 saturated carbocycles. The zero-order valence-corrected chi connectivity index (χ0v) is 32.1. The minimum absolute atomic E-state index is 0. The summed E-state index contributed by atoms with van der Waals surface area (Å²) in [6.07, 6.45) is 14.3. The van der Waals surface area contributed by atoms with Crippen molar-refractivity contribution >= 4 is 14.0 Å². The monoisotopic (exact) mass is 687 g/mol. The summed E-state index contributed by atoms with van der Waals surface area (Å²) >= 11 is 0. The van der Waals surface area contributed by atoms with Crippen molar-refractivity contribution in [2.24, 2.45) is 58.2 Å². The van der Waals surface area contributed by atoms with Crippen LogP contribution in [0.2, 0.25) is 0 Å². The van der Waals surface area contributed by atoms with Crippen molar-refractivity contribution in [2.75, 3.05) is 47.5 Å². The maximum atomic E-state index is 12.5. The summed E-state index contributed by atoms with van der Waals surface area (Å²) in [6.45, 7) is 15.3. The quantitative estimate of drug-likeness (QED) is 0.0784. The SMILES string of the molecule is CC[C@H](CC[C@@H](C)[C@H]1CC[C@H]2[C@@H]3CC[C@H]4CC(OC(=O)OCCOP(=O)(O)OCC[N+](C)(C)C)CC[C@]4(C)[C@H]3CC[C@]12C)C(C)C.[OH-]. The van der Waals surface area contributed by atoms with Gasteiger partial charge in [-0.2, -0.15) is 0 Å². The van der Waals surface area contributed by atoms with E-state index in [9.17, 15) is 14.3 Å². The van der Waals surface area contributed by atoms with Gasteiger partial charge in [-0.05, 0) is 122 Å². The number of carbonyl (C=O) groups excluding carboxylic acids is 1.